The Balaban J connectivity index is 1.89. The van der Waals surface area contributed by atoms with Crippen LogP contribution in [0.1, 0.15) is 48.3 Å². The van der Waals surface area contributed by atoms with E-state index in [1.807, 2.05) is 11.4 Å². The van der Waals surface area contributed by atoms with E-state index in [0.29, 0.717) is 23.5 Å². The van der Waals surface area contributed by atoms with E-state index in [9.17, 15) is 4.79 Å². The van der Waals surface area contributed by atoms with Crippen LogP contribution in [-0.2, 0) is 11.3 Å². The SMILES string of the molecule is CC1CCC(OCc2ccsc2C(=O)NN)CC1C. The minimum Gasteiger partial charge on any atom is -0.373 e. The van der Waals surface area contributed by atoms with E-state index in [1.165, 1.54) is 17.8 Å². The second-order valence-corrected chi connectivity index (χ2v) is 6.37. The van der Waals surface area contributed by atoms with Crippen molar-refractivity contribution in [2.24, 2.45) is 17.7 Å². The standard InChI is InChI=1S/C14H22N2O2S/c1-9-3-4-12(7-10(9)2)18-8-11-5-6-19-13(11)14(17)16-15/h5-6,9-10,12H,3-4,7-8,15H2,1-2H3,(H,16,17). The maximum Gasteiger partial charge on any atom is 0.275 e. The summed E-state index contributed by atoms with van der Waals surface area (Å²) in [5.41, 5.74) is 3.10. The molecule has 1 saturated carbocycles. The van der Waals surface area contributed by atoms with Gasteiger partial charge in [0.15, 0.2) is 0 Å². The van der Waals surface area contributed by atoms with Gasteiger partial charge < -0.3 is 4.74 Å². The molecule has 0 radical (unpaired) electrons. The molecule has 1 heterocycles. The van der Waals surface area contributed by atoms with Crippen molar-refractivity contribution in [1.29, 1.82) is 0 Å². The molecule has 3 N–H and O–H groups in total. The minimum atomic E-state index is -0.237. The lowest BCUT2D eigenvalue weighted by molar-refractivity contribution is -0.00753. The first kappa shape index (κ1) is 14.5. The number of hydrogen-bond acceptors (Lipinski definition) is 4. The maximum absolute atomic E-state index is 11.6. The number of nitrogens with two attached hydrogens (primary N) is 1. The fourth-order valence-electron chi connectivity index (χ4n) is 2.57. The Morgan fingerprint density at radius 1 is 1.47 bits per heavy atom. The van der Waals surface area contributed by atoms with E-state index in [2.05, 4.69) is 19.3 Å². The van der Waals surface area contributed by atoms with Gasteiger partial charge in [-0.15, -0.1) is 11.3 Å². The van der Waals surface area contributed by atoms with Gasteiger partial charge in [-0.1, -0.05) is 13.8 Å². The molecule has 0 aliphatic heterocycles. The first-order chi connectivity index (χ1) is 9.11. The summed E-state index contributed by atoms with van der Waals surface area (Å²) in [5, 5.41) is 1.90. The molecule has 0 spiro atoms. The van der Waals surface area contributed by atoms with Gasteiger partial charge in [-0.2, -0.15) is 0 Å². The topological polar surface area (TPSA) is 64.3 Å². The predicted molar refractivity (Wildman–Crippen MR) is 76.7 cm³/mol. The molecule has 2 rings (SSSR count). The summed E-state index contributed by atoms with van der Waals surface area (Å²) in [5.74, 6) is 6.44. The highest BCUT2D eigenvalue weighted by atomic mass is 32.1. The number of carbonyl (C=O) groups excluding carboxylic acids is 1. The normalized spacial score (nSPS) is 27.2. The molecular weight excluding hydrogens is 260 g/mol. The molecule has 1 aromatic rings. The molecule has 1 amide bonds. The van der Waals surface area contributed by atoms with E-state index >= 15 is 0 Å². The van der Waals surface area contributed by atoms with Gasteiger partial charge >= 0.3 is 0 Å². The van der Waals surface area contributed by atoms with Crippen molar-refractivity contribution in [3.63, 3.8) is 0 Å². The fourth-order valence-corrected chi connectivity index (χ4v) is 3.38. The van der Waals surface area contributed by atoms with E-state index in [-0.39, 0.29) is 5.91 Å². The Kier molecular flexibility index (Phi) is 4.96. The highest BCUT2D eigenvalue weighted by molar-refractivity contribution is 7.12. The Morgan fingerprint density at radius 3 is 2.95 bits per heavy atom. The lowest BCUT2D eigenvalue weighted by Gasteiger charge is -2.31. The monoisotopic (exact) mass is 282 g/mol. The van der Waals surface area contributed by atoms with Crippen LogP contribution in [0, 0.1) is 11.8 Å². The third-order valence-electron chi connectivity index (χ3n) is 4.11. The number of rotatable bonds is 4. The van der Waals surface area contributed by atoms with Crippen LogP contribution in [0.4, 0.5) is 0 Å². The van der Waals surface area contributed by atoms with Crippen LogP contribution in [-0.4, -0.2) is 12.0 Å². The Bertz CT molecular complexity index is 433. The van der Waals surface area contributed by atoms with E-state index in [4.69, 9.17) is 10.6 Å². The molecule has 0 bridgehead atoms. The number of ether oxygens (including phenoxy) is 1. The molecule has 3 unspecified atom stereocenters. The van der Waals surface area contributed by atoms with Crippen molar-refractivity contribution < 1.29 is 9.53 Å². The summed E-state index contributed by atoms with van der Waals surface area (Å²) in [7, 11) is 0. The molecule has 1 fully saturated rings. The first-order valence-corrected chi connectivity index (χ1v) is 7.68. The van der Waals surface area contributed by atoms with Crippen molar-refractivity contribution in [2.75, 3.05) is 0 Å². The van der Waals surface area contributed by atoms with Gasteiger partial charge in [0.25, 0.3) is 5.91 Å². The molecular formula is C14H22N2O2S. The van der Waals surface area contributed by atoms with Gasteiger partial charge in [-0.05, 0) is 42.5 Å². The first-order valence-electron chi connectivity index (χ1n) is 6.80. The zero-order valence-electron chi connectivity index (χ0n) is 11.5. The molecule has 3 atom stereocenters. The molecule has 19 heavy (non-hydrogen) atoms. The van der Waals surface area contributed by atoms with Crippen molar-refractivity contribution >= 4 is 17.2 Å². The van der Waals surface area contributed by atoms with Crippen molar-refractivity contribution in [3.8, 4) is 0 Å². The van der Waals surface area contributed by atoms with Crippen LogP contribution in [0.3, 0.4) is 0 Å². The van der Waals surface area contributed by atoms with Crippen LogP contribution in [0.15, 0.2) is 11.4 Å². The second kappa shape index (κ2) is 6.50. The number of carbonyl (C=O) groups is 1. The third kappa shape index (κ3) is 3.55. The number of hydrogen-bond donors (Lipinski definition) is 2. The van der Waals surface area contributed by atoms with Crippen molar-refractivity contribution in [2.45, 2.75) is 45.8 Å². The smallest absolute Gasteiger partial charge is 0.275 e. The van der Waals surface area contributed by atoms with Crippen LogP contribution >= 0.6 is 11.3 Å². The minimum absolute atomic E-state index is 0.237. The van der Waals surface area contributed by atoms with Gasteiger partial charge in [0.05, 0.1) is 17.6 Å². The van der Waals surface area contributed by atoms with Gasteiger partial charge in [0.2, 0.25) is 0 Å². The highest BCUT2D eigenvalue weighted by Crippen LogP contribution is 2.31. The quantitative estimate of drug-likeness (QED) is 0.507. The number of amides is 1. The van der Waals surface area contributed by atoms with Crippen molar-refractivity contribution in [3.05, 3.63) is 21.9 Å². The molecule has 5 heteroatoms. The largest absolute Gasteiger partial charge is 0.373 e. The molecule has 0 saturated heterocycles. The third-order valence-corrected chi connectivity index (χ3v) is 5.06. The predicted octanol–water partition coefficient (Wildman–Crippen LogP) is 2.69. The van der Waals surface area contributed by atoms with Crippen LogP contribution in [0.5, 0.6) is 0 Å². The Hall–Kier alpha value is -0.910. The second-order valence-electron chi connectivity index (χ2n) is 5.45. The average molecular weight is 282 g/mol. The fraction of sp³-hybridized carbons (Fsp3) is 0.643. The molecule has 106 valence electrons. The Morgan fingerprint density at radius 2 is 2.26 bits per heavy atom. The number of nitrogens with one attached hydrogen (secondary N) is 1. The highest BCUT2D eigenvalue weighted by Gasteiger charge is 2.25. The van der Waals surface area contributed by atoms with Crippen LogP contribution in [0.2, 0.25) is 0 Å². The maximum atomic E-state index is 11.6. The zero-order valence-corrected chi connectivity index (χ0v) is 12.3. The summed E-state index contributed by atoms with van der Waals surface area (Å²) in [6.45, 7) is 5.10. The summed E-state index contributed by atoms with van der Waals surface area (Å²) >= 11 is 1.40. The Labute approximate surface area is 118 Å². The van der Waals surface area contributed by atoms with E-state index in [1.54, 1.807) is 0 Å². The number of nitrogen functional groups attached to an aromatic ring is 1. The van der Waals surface area contributed by atoms with Gasteiger partial charge in [-0.3, -0.25) is 10.2 Å². The summed E-state index contributed by atoms with van der Waals surface area (Å²) in [6, 6.07) is 1.93. The van der Waals surface area contributed by atoms with Crippen LogP contribution in [0.25, 0.3) is 0 Å². The lowest BCUT2D eigenvalue weighted by atomic mass is 9.80. The summed E-state index contributed by atoms with van der Waals surface area (Å²) in [4.78, 5) is 12.2. The van der Waals surface area contributed by atoms with Crippen LogP contribution < -0.4 is 11.3 Å². The number of thiophene rings is 1. The zero-order chi connectivity index (χ0) is 13.8. The average Bonchev–Trinajstić information content (AvgIpc) is 2.87. The number of hydrazine groups is 1. The van der Waals surface area contributed by atoms with Crippen molar-refractivity contribution in [1.82, 2.24) is 5.43 Å². The molecule has 1 aromatic heterocycles. The van der Waals surface area contributed by atoms with Gasteiger partial charge in [0.1, 0.15) is 0 Å². The lowest BCUT2D eigenvalue weighted by Crippen LogP contribution is -2.30. The van der Waals surface area contributed by atoms with E-state index < -0.39 is 0 Å². The van der Waals surface area contributed by atoms with E-state index in [0.717, 1.165) is 24.3 Å². The molecule has 0 aromatic carbocycles. The summed E-state index contributed by atoms with van der Waals surface area (Å²) in [6.07, 6.45) is 3.78. The van der Waals surface area contributed by atoms with Gasteiger partial charge in [-0.25, -0.2) is 5.84 Å². The summed E-state index contributed by atoms with van der Waals surface area (Å²) < 4.78 is 5.97. The molecule has 1 aliphatic carbocycles. The van der Waals surface area contributed by atoms with Gasteiger partial charge in [0, 0.05) is 5.56 Å². The molecule has 4 nitrogen and oxygen atoms in total. The molecule has 1 aliphatic rings.